The van der Waals surface area contributed by atoms with Gasteiger partial charge >= 0.3 is 0 Å². The first-order valence-corrected chi connectivity index (χ1v) is 13.5. The number of halogens is 4. The van der Waals surface area contributed by atoms with E-state index in [4.69, 9.17) is 27.9 Å². The third-order valence-corrected chi connectivity index (χ3v) is 8.10. The van der Waals surface area contributed by atoms with Gasteiger partial charge in [-0.05, 0) is 48.9 Å². The van der Waals surface area contributed by atoms with Crippen LogP contribution < -0.4 is 4.74 Å². The molecule has 1 atom stereocenters. The molecular formula is C28H29Cl2F2N3O2. The molecule has 2 aromatic carbocycles. The molecule has 3 aromatic rings. The Balaban J connectivity index is 1.29. The van der Waals surface area contributed by atoms with Crippen LogP contribution in [0.25, 0.3) is 11.1 Å². The molecular weight excluding hydrogens is 519 g/mol. The number of amides is 1. The molecule has 0 spiro atoms. The molecule has 1 amide bonds. The van der Waals surface area contributed by atoms with E-state index in [1.807, 2.05) is 4.90 Å². The topological polar surface area (TPSA) is 58.2 Å². The number of ether oxygens (including phenoxy) is 1. The zero-order valence-corrected chi connectivity index (χ0v) is 21.9. The summed E-state index contributed by atoms with van der Waals surface area (Å²) in [4.78, 5) is 22.2. The number of H-pyrrole nitrogens is 1. The lowest BCUT2D eigenvalue weighted by Crippen LogP contribution is -2.39. The molecule has 9 heteroatoms. The van der Waals surface area contributed by atoms with Crippen molar-refractivity contribution in [3.8, 4) is 16.9 Å². The van der Waals surface area contributed by atoms with Gasteiger partial charge in [0.05, 0.1) is 12.2 Å². The number of rotatable bonds is 8. The number of aromatic nitrogens is 2. The fourth-order valence-corrected chi connectivity index (χ4v) is 6.15. The smallest absolute Gasteiger partial charge is 0.226 e. The average Bonchev–Trinajstić information content (AvgIpc) is 3.51. The number of aromatic amines is 1. The van der Waals surface area contributed by atoms with Crippen molar-refractivity contribution in [3.63, 3.8) is 0 Å². The summed E-state index contributed by atoms with van der Waals surface area (Å²) in [6.07, 6.45) is 10.7. The first-order chi connectivity index (χ1) is 17.9. The highest BCUT2D eigenvalue weighted by molar-refractivity contribution is 6.36. The number of nitrogens with one attached hydrogen (secondary N) is 1. The minimum Gasteiger partial charge on any atom is -0.493 e. The van der Waals surface area contributed by atoms with Gasteiger partial charge in [-0.1, -0.05) is 42.5 Å². The van der Waals surface area contributed by atoms with Crippen LogP contribution in [0.4, 0.5) is 8.78 Å². The van der Waals surface area contributed by atoms with Crippen LogP contribution in [0.15, 0.2) is 36.7 Å². The molecule has 1 saturated carbocycles. The molecule has 2 heterocycles. The summed E-state index contributed by atoms with van der Waals surface area (Å²) in [5.41, 5.74) is 0.640. The van der Waals surface area contributed by atoms with Gasteiger partial charge in [-0.2, -0.15) is 0 Å². The molecule has 1 aromatic heterocycles. The minimum atomic E-state index is -0.776. The van der Waals surface area contributed by atoms with Crippen LogP contribution in [0.1, 0.15) is 49.9 Å². The predicted molar refractivity (Wildman–Crippen MR) is 140 cm³/mol. The Morgan fingerprint density at radius 3 is 2.38 bits per heavy atom. The quantitative estimate of drug-likeness (QED) is 0.330. The molecule has 2 fully saturated rings. The summed E-state index contributed by atoms with van der Waals surface area (Å²) in [7, 11) is 0. The van der Waals surface area contributed by atoms with Gasteiger partial charge in [0.15, 0.2) is 0 Å². The maximum Gasteiger partial charge on any atom is 0.226 e. The SMILES string of the molecule is O=C1C(Cc2c(Cl)cc(-c3c(F)cc(OCCc4ncc[nH]4)cc3F)cc2Cl)CCN1C1CCCCC1. The van der Waals surface area contributed by atoms with Crippen molar-refractivity contribution in [2.75, 3.05) is 13.2 Å². The third-order valence-electron chi connectivity index (χ3n) is 7.42. The fraction of sp³-hybridized carbons (Fsp3) is 0.429. The van der Waals surface area contributed by atoms with E-state index in [9.17, 15) is 13.6 Å². The fourth-order valence-electron chi connectivity index (χ4n) is 5.51. The summed E-state index contributed by atoms with van der Waals surface area (Å²) >= 11 is 13.1. The highest BCUT2D eigenvalue weighted by Crippen LogP contribution is 2.38. The number of hydrogen-bond donors (Lipinski definition) is 1. The number of likely N-dealkylation sites (tertiary alicyclic amines) is 1. The standard InChI is InChI=1S/C28H29Cl2F2N3O2/c29-22-13-18(27-24(31)15-20(16-25(27)32)37-11-7-26-33-8-9-34-26)14-23(30)21(22)12-17-6-10-35(28(17)36)19-4-2-1-3-5-19/h8-9,13-17,19H,1-7,10-12H2,(H,33,34). The van der Waals surface area contributed by atoms with Crippen molar-refractivity contribution in [2.45, 2.75) is 57.4 Å². The van der Waals surface area contributed by atoms with E-state index < -0.39 is 11.6 Å². The summed E-state index contributed by atoms with van der Waals surface area (Å²) in [6.45, 7) is 0.976. The van der Waals surface area contributed by atoms with E-state index in [-0.39, 0.29) is 35.3 Å². The first kappa shape index (κ1) is 26.0. The summed E-state index contributed by atoms with van der Waals surface area (Å²) < 4.78 is 35.5. The van der Waals surface area contributed by atoms with E-state index in [0.717, 1.165) is 43.8 Å². The molecule has 37 heavy (non-hydrogen) atoms. The van der Waals surface area contributed by atoms with Crippen LogP contribution in [0, 0.1) is 17.6 Å². The van der Waals surface area contributed by atoms with Crippen LogP contribution >= 0.6 is 23.2 Å². The first-order valence-electron chi connectivity index (χ1n) is 12.8. The second-order valence-corrected chi connectivity index (χ2v) is 10.6. The van der Waals surface area contributed by atoms with E-state index in [2.05, 4.69) is 9.97 Å². The molecule has 1 saturated heterocycles. The van der Waals surface area contributed by atoms with Gasteiger partial charge in [0, 0.05) is 59.5 Å². The normalized spacial score (nSPS) is 18.5. The minimum absolute atomic E-state index is 0.0846. The lowest BCUT2D eigenvalue weighted by molar-refractivity contribution is -0.133. The second-order valence-electron chi connectivity index (χ2n) is 9.83. The highest BCUT2D eigenvalue weighted by Gasteiger charge is 2.36. The van der Waals surface area contributed by atoms with Gasteiger partial charge in [0.1, 0.15) is 23.2 Å². The molecule has 2 aliphatic rings. The molecule has 1 aliphatic heterocycles. The number of imidazole rings is 1. The van der Waals surface area contributed by atoms with Gasteiger partial charge in [-0.25, -0.2) is 13.8 Å². The third kappa shape index (κ3) is 5.78. The Morgan fingerprint density at radius 2 is 1.73 bits per heavy atom. The van der Waals surface area contributed by atoms with E-state index in [0.29, 0.717) is 34.5 Å². The Morgan fingerprint density at radius 1 is 1.03 bits per heavy atom. The van der Waals surface area contributed by atoms with Crippen molar-refractivity contribution < 1.29 is 18.3 Å². The van der Waals surface area contributed by atoms with Crippen LogP contribution in [0.5, 0.6) is 5.75 Å². The number of nitrogens with zero attached hydrogens (tertiary/aromatic N) is 2. The Labute approximate surface area is 225 Å². The van der Waals surface area contributed by atoms with E-state index in [1.54, 1.807) is 12.4 Å². The van der Waals surface area contributed by atoms with Crippen molar-refractivity contribution in [1.82, 2.24) is 14.9 Å². The zero-order chi connectivity index (χ0) is 25.9. The van der Waals surface area contributed by atoms with Crippen LogP contribution in [0.3, 0.4) is 0 Å². The number of hydrogen-bond acceptors (Lipinski definition) is 3. The Hall–Kier alpha value is -2.64. The van der Waals surface area contributed by atoms with Gasteiger partial charge in [0.2, 0.25) is 5.91 Å². The molecule has 1 unspecified atom stereocenters. The molecule has 196 valence electrons. The maximum absolute atomic E-state index is 15.0. The molecule has 5 nitrogen and oxygen atoms in total. The van der Waals surface area contributed by atoms with Crippen molar-refractivity contribution in [1.29, 1.82) is 0 Å². The van der Waals surface area contributed by atoms with E-state index in [1.165, 1.54) is 31.4 Å². The highest BCUT2D eigenvalue weighted by atomic mass is 35.5. The van der Waals surface area contributed by atoms with Crippen LogP contribution in [0.2, 0.25) is 10.0 Å². The van der Waals surface area contributed by atoms with Crippen molar-refractivity contribution in [2.24, 2.45) is 5.92 Å². The molecule has 1 N–H and O–H groups in total. The molecule has 1 aliphatic carbocycles. The molecule has 5 rings (SSSR count). The molecule has 0 bridgehead atoms. The number of carbonyl (C=O) groups excluding carboxylic acids is 1. The summed E-state index contributed by atoms with van der Waals surface area (Å²) in [5, 5.41) is 0.591. The zero-order valence-electron chi connectivity index (χ0n) is 20.4. The molecule has 0 radical (unpaired) electrons. The van der Waals surface area contributed by atoms with Crippen molar-refractivity contribution >= 4 is 29.1 Å². The number of carbonyl (C=O) groups is 1. The van der Waals surface area contributed by atoms with Gasteiger partial charge in [-0.3, -0.25) is 4.79 Å². The summed E-state index contributed by atoms with van der Waals surface area (Å²) in [6, 6.07) is 5.66. The number of benzene rings is 2. The van der Waals surface area contributed by atoms with Gasteiger partial charge in [0.25, 0.3) is 0 Å². The summed E-state index contributed by atoms with van der Waals surface area (Å²) in [5.74, 6) is -0.773. The predicted octanol–water partition coefficient (Wildman–Crippen LogP) is 7.01. The van der Waals surface area contributed by atoms with Gasteiger partial charge in [-0.15, -0.1) is 0 Å². The van der Waals surface area contributed by atoms with Crippen LogP contribution in [-0.4, -0.2) is 40.0 Å². The van der Waals surface area contributed by atoms with E-state index >= 15 is 0 Å². The lowest BCUT2D eigenvalue weighted by atomic mass is 9.93. The lowest BCUT2D eigenvalue weighted by Gasteiger charge is -2.31. The van der Waals surface area contributed by atoms with Gasteiger partial charge < -0.3 is 14.6 Å². The average molecular weight is 548 g/mol. The Kier molecular flexibility index (Phi) is 8.01. The van der Waals surface area contributed by atoms with Crippen LogP contribution in [-0.2, 0) is 17.6 Å². The largest absolute Gasteiger partial charge is 0.493 e. The van der Waals surface area contributed by atoms with Crippen molar-refractivity contribution in [3.05, 3.63) is 69.7 Å². The monoisotopic (exact) mass is 547 g/mol. The second kappa shape index (κ2) is 11.4. The Bertz CT molecular complexity index is 1220. The maximum atomic E-state index is 15.0.